The maximum Gasteiger partial charge on any atom is 0.333 e. The van der Waals surface area contributed by atoms with E-state index in [1.165, 1.54) is 24.4 Å². The van der Waals surface area contributed by atoms with E-state index < -0.39 is 16.1 Å². The van der Waals surface area contributed by atoms with Crippen molar-refractivity contribution in [2.75, 3.05) is 10.6 Å². The number of halogens is 1. The molecule has 11 heteroatoms. The number of anilines is 2. The Balaban J connectivity index is 1.65. The third kappa shape index (κ3) is 5.31. The van der Waals surface area contributed by atoms with E-state index in [1.54, 1.807) is 37.3 Å². The van der Waals surface area contributed by atoms with E-state index in [-0.39, 0.29) is 15.8 Å². The second-order valence-electron chi connectivity index (χ2n) is 5.82. The van der Waals surface area contributed by atoms with Crippen molar-refractivity contribution in [2.45, 2.75) is 11.1 Å². The van der Waals surface area contributed by atoms with Gasteiger partial charge in [-0.2, -0.15) is 0 Å². The molecule has 3 rings (SSSR count). The number of aromatic nitrogens is 1. The first-order valence-corrected chi connectivity index (χ1v) is 10.8. The highest BCUT2D eigenvalue weighted by Gasteiger charge is 2.20. The molecule has 8 nitrogen and oxygen atoms in total. The maximum absolute atomic E-state index is 12.2. The maximum atomic E-state index is 12.2. The number of nitrogens with zero attached hydrogens (tertiary/aromatic N) is 1. The zero-order valence-electron chi connectivity index (χ0n) is 15.0. The van der Waals surface area contributed by atoms with E-state index in [0.29, 0.717) is 21.3 Å². The fourth-order valence-corrected chi connectivity index (χ4v) is 4.73. The zero-order chi connectivity index (χ0) is 21.0. The fourth-order valence-electron chi connectivity index (χ4n) is 2.34. The monoisotopic (exact) mass is 450 g/mol. The van der Waals surface area contributed by atoms with Crippen molar-refractivity contribution in [3.8, 4) is 0 Å². The molecule has 29 heavy (non-hydrogen) atoms. The molecule has 3 N–H and O–H groups in total. The topological polar surface area (TPSA) is 117 Å². The molecule has 0 fully saturated rings. The fraction of sp³-hybridized carbons (Fsp3) is 0.0556. The van der Waals surface area contributed by atoms with E-state index in [9.17, 15) is 18.0 Å². The molecule has 0 atom stereocenters. The number of carbonyl (C=O) groups excluding carboxylic acids is 2. The van der Waals surface area contributed by atoms with Crippen LogP contribution in [-0.2, 0) is 10.0 Å². The molecule has 150 valence electrons. The van der Waals surface area contributed by atoms with Gasteiger partial charge in [0.1, 0.15) is 9.90 Å². The van der Waals surface area contributed by atoms with Gasteiger partial charge in [0, 0.05) is 17.6 Å². The summed E-state index contributed by atoms with van der Waals surface area (Å²) >= 11 is 6.57. The van der Waals surface area contributed by atoms with Gasteiger partial charge < -0.3 is 10.6 Å². The number of urea groups is 1. The second kappa shape index (κ2) is 8.60. The Morgan fingerprint density at radius 3 is 2.48 bits per heavy atom. The molecule has 0 aliphatic carbocycles. The van der Waals surface area contributed by atoms with Crippen molar-refractivity contribution in [3.63, 3.8) is 0 Å². The number of amides is 3. The van der Waals surface area contributed by atoms with Gasteiger partial charge in [0.15, 0.2) is 0 Å². The van der Waals surface area contributed by atoms with Gasteiger partial charge in [-0.15, -0.1) is 11.3 Å². The zero-order valence-corrected chi connectivity index (χ0v) is 17.4. The van der Waals surface area contributed by atoms with Crippen LogP contribution in [0, 0.1) is 6.92 Å². The Morgan fingerprint density at radius 1 is 1.07 bits per heavy atom. The highest BCUT2D eigenvalue weighted by Crippen LogP contribution is 2.25. The van der Waals surface area contributed by atoms with E-state index in [4.69, 9.17) is 11.6 Å². The van der Waals surface area contributed by atoms with Crippen LogP contribution >= 0.6 is 22.9 Å². The van der Waals surface area contributed by atoms with Gasteiger partial charge in [-0.05, 0) is 55.0 Å². The molecule has 0 saturated carbocycles. The minimum Gasteiger partial charge on any atom is -0.320 e. The summed E-state index contributed by atoms with van der Waals surface area (Å²) in [7, 11) is -4.02. The minimum atomic E-state index is -4.02. The predicted octanol–water partition coefficient (Wildman–Crippen LogP) is 3.87. The quantitative estimate of drug-likeness (QED) is 0.545. The molecule has 2 heterocycles. The van der Waals surface area contributed by atoms with Crippen LogP contribution < -0.4 is 15.4 Å². The van der Waals surface area contributed by atoms with Crippen molar-refractivity contribution in [1.29, 1.82) is 0 Å². The smallest absolute Gasteiger partial charge is 0.320 e. The lowest BCUT2D eigenvalue weighted by Crippen LogP contribution is -2.33. The summed E-state index contributed by atoms with van der Waals surface area (Å²) in [4.78, 5) is 28.2. The Bertz CT molecular complexity index is 1160. The van der Waals surface area contributed by atoms with Gasteiger partial charge in [-0.25, -0.2) is 17.9 Å². The molecule has 0 aliphatic heterocycles. The Kier molecular flexibility index (Phi) is 6.16. The Morgan fingerprint density at radius 2 is 1.86 bits per heavy atom. The van der Waals surface area contributed by atoms with Gasteiger partial charge >= 0.3 is 6.03 Å². The average Bonchev–Trinajstić information content (AvgIpc) is 3.11. The lowest BCUT2D eigenvalue weighted by atomic mass is 10.1. The lowest BCUT2D eigenvalue weighted by Gasteiger charge is -2.11. The number of nitrogens with one attached hydrogen (secondary N) is 3. The van der Waals surface area contributed by atoms with Crippen molar-refractivity contribution in [3.05, 3.63) is 70.3 Å². The average molecular weight is 451 g/mol. The highest BCUT2D eigenvalue weighted by atomic mass is 35.5. The summed E-state index contributed by atoms with van der Waals surface area (Å²) in [6, 6.07) is 11.6. The summed E-state index contributed by atoms with van der Waals surface area (Å²) < 4.78 is 26.4. The first kappa shape index (κ1) is 20.8. The number of hydrogen-bond acceptors (Lipinski definition) is 6. The number of aryl methyl sites for hydroxylation is 1. The molecule has 3 aromatic rings. The third-order valence-electron chi connectivity index (χ3n) is 3.67. The first-order valence-electron chi connectivity index (χ1n) is 8.17. The summed E-state index contributed by atoms with van der Waals surface area (Å²) in [6.45, 7) is 1.74. The normalized spacial score (nSPS) is 11.0. The van der Waals surface area contributed by atoms with Crippen LogP contribution in [0.3, 0.4) is 0 Å². The van der Waals surface area contributed by atoms with E-state index >= 15 is 0 Å². The predicted molar refractivity (Wildman–Crippen MR) is 112 cm³/mol. The molecule has 2 aromatic heterocycles. The third-order valence-corrected chi connectivity index (χ3v) is 6.72. The summed E-state index contributed by atoms with van der Waals surface area (Å²) in [5, 5.41) is 5.18. The highest BCUT2D eigenvalue weighted by molar-refractivity contribution is 7.92. The number of rotatable bonds is 5. The van der Waals surface area contributed by atoms with E-state index in [1.807, 2.05) is 4.72 Å². The standard InChI is InChI=1S/C18H15ClN4O4S2/c1-11-10-12(5-6-13(11)22-17(24)14-4-2-3-9-20-14)21-18(25)23-29(26,27)16-8-7-15(19)28-16/h2-10H,1H3,(H,22,24)(H2,21,23,25). The van der Waals surface area contributed by atoms with Crippen LogP contribution in [-0.4, -0.2) is 25.3 Å². The summed E-state index contributed by atoms with van der Waals surface area (Å²) in [5.74, 6) is -0.368. The van der Waals surface area contributed by atoms with Crippen molar-refractivity contribution < 1.29 is 18.0 Å². The SMILES string of the molecule is Cc1cc(NC(=O)NS(=O)(=O)c2ccc(Cl)s2)ccc1NC(=O)c1ccccn1. The van der Waals surface area contributed by atoms with Crippen LogP contribution in [0.15, 0.2) is 58.9 Å². The molecular formula is C18H15ClN4O4S2. The van der Waals surface area contributed by atoms with Crippen LogP contribution in [0.2, 0.25) is 4.34 Å². The van der Waals surface area contributed by atoms with Gasteiger partial charge in [0.05, 0.1) is 4.34 Å². The number of sulfonamides is 1. The van der Waals surface area contributed by atoms with Gasteiger partial charge in [-0.3, -0.25) is 9.78 Å². The van der Waals surface area contributed by atoms with Crippen molar-refractivity contribution in [1.82, 2.24) is 9.71 Å². The molecule has 1 aromatic carbocycles. The van der Waals surface area contributed by atoms with Crippen LogP contribution in [0.1, 0.15) is 16.1 Å². The molecule has 0 unspecified atom stereocenters. The second-order valence-corrected chi connectivity index (χ2v) is 9.44. The number of thiophene rings is 1. The number of hydrogen-bond donors (Lipinski definition) is 3. The van der Waals surface area contributed by atoms with Crippen molar-refractivity contribution in [2.24, 2.45) is 0 Å². The minimum absolute atomic E-state index is 0.0681. The molecule has 0 spiro atoms. The number of benzene rings is 1. The van der Waals surface area contributed by atoms with Crippen LogP contribution in [0.25, 0.3) is 0 Å². The van der Waals surface area contributed by atoms with Crippen molar-refractivity contribution >= 4 is 56.3 Å². The largest absolute Gasteiger partial charge is 0.333 e. The van der Waals surface area contributed by atoms with Gasteiger partial charge in [-0.1, -0.05) is 17.7 Å². The lowest BCUT2D eigenvalue weighted by molar-refractivity contribution is 0.102. The summed E-state index contributed by atoms with van der Waals surface area (Å²) in [5.41, 5.74) is 1.83. The molecule has 0 radical (unpaired) electrons. The van der Waals surface area contributed by atoms with E-state index in [0.717, 1.165) is 11.3 Å². The van der Waals surface area contributed by atoms with Gasteiger partial charge in [0.2, 0.25) is 0 Å². The number of pyridine rings is 1. The van der Waals surface area contributed by atoms with Crippen LogP contribution in [0.5, 0.6) is 0 Å². The first-order chi connectivity index (χ1) is 13.7. The molecule has 0 aliphatic rings. The van der Waals surface area contributed by atoms with Gasteiger partial charge in [0.25, 0.3) is 15.9 Å². The molecule has 3 amide bonds. The number of carbonyl (C=O) groups is 2. The summed E-state index contributed by atoms with van der Waals surface area (Å²) in [6.07, 6.45) is 1.52. The van der Waals surface area contributed by atoms with Crippen LogP contribution in [0.4, 0.5) is 16.2 Å². The molecule has 0 bridgehead atoms. The Labute approximate surface area is 176 Å². The Hall–Kier alpha value is -2.95. The molecule has 0 saturated heterocycles. The molecular weight excluding hydrogens is 436 g/mol. The van der Waals surface area contributed by atoms with E-state index in [2.05, 4.69) is 15.6 Å².